The molecular weight excluding hydrogens is 935 g/mol. The lowest BCUT2D eigenvalue weighted by Crippen LogP contribution is -2.32. The fourth-order valence-corrected chi connectivity index (χ4v) is 13.7. The Labute approximate surface area is 448 Å². The fourth-order valence-electron chi connectivity index (χ4n) is 13.7. The van der Waals surface area contributed by atoms with Crippen molar-refractivity contribution < 1.29 is 9.47 Å². The molecular formula is C74H47NO2. The quantitative estimate of drug-likeness (QED) is 0.166. The first kappa shape index (κ1) is 43.4. The highest BCUT2D eigenvalue weighted by molar-refractivity contribution is 5.97. The van der Waals surface area contributed by atoms with Crippen LogP contribution in [0.3, 0.4) is 0 Å². The lowest BCUT2D eigenvalue weighted by Gasteiger charge is -2.39. The number of hydrogen-bond donors (Lipinski definition) is 0. The van der Waals surface area contributed by atoms with E-state index in [1.54, 1.807) is 0 Å². The molecule has 2 aliphatic carbocycles. The maximum atomic E-state index is 6.67. The van der Waals surface area contributed by atoms with E-state index in [1.165, 1.54) is 61.2 Å². The first-order valence-corrected chi connectivity index (χ1v) is 26.6. The Hall–Kier alpha value is -9.96. The predicted molar refractivity (Wildman–Crippen MR) is 312 cm³/mol. The Balaban J connectivity index is 0.837. The summed E-state index contributed by atoms with van der Waals surface area (Å²) in [6.07, 6.45) is 0. The van der Waals surface area contributed by atoms with E-state index < -0.39 is 10.8 Å². The van der Waals surface area contributed by atoms with E-state index in [0.717, 1.165) is 79.0 Å². The van der Waals surface area contributed by atoms with Gasteiger partial charge in [-0.25, -0.2) is 0 Å². The zero-order valence-electron chi connectivity index (χ0n) is 41.9. The van der Waals surface area contributed by atoms with Gasteiger partial charge >= 0.3 is 0 Å². The van der Waals surface area contributed by atoms with Crippen LogP contribution in [0.15, 0.2) is 285 Å². The van der Waals surface area contributed by atoms with E-state index >= 15 is 0 Å². The minimum atomic E-state index is -0.555. The number of benzene rings is 12. The fraction of sp³-hybridized carbons (Fsp3) is 0.0270. The second kappa shape index (κ2) is 16.8. The number of nitrogens with zero attached hydrogens (tertiary/aromatic N) is 1. The minimum absolute atomic E-state index is 0.537. The van der Waals surface area contributed by atoms with Gasteiger partial charge in [-0.15, -0.1) is 0 Å². The van der Waals surface area contributed by atoms with Crippen LogP contribution < -0.4 is 14.4 Å². The molecule has 12 aromatic carbocycles. The molecule has 12 aromatic rings. The van der Waals surface area contributed by atoms with Crippen molar-refractivity contribution in [1.29, 1.82) is 0 Å². The van der Waals surface area contributed by atoms with Crippen molar-refractivity contribution in [1.82, 2.24) is 0 Å². The van der Waals surface area contributed by atoms with Gasteiger partial charge in [0.15, 0.2) is 0 Å². The Morgan fingerprint density at radius 2 is 0.610 bits per heavy atom. The minimum Gasteiger partial charge on any atom is -0.457 e. The van der Waals surface area contributed by atoms with Crippen molar-refractivity contribution in [3.63, 3.8) is 0 Å². The van der Waals surface area contributed by atoms with Crippen molar-refractivity contribution in [3.05, 3.63) is 330 Å². The molecule has 2 spiro atoms. The van der Waals surface area contributed by atoms with Gasteiger partial charge in [-0.05, 0) is 145 Å². The lowest BCUT2D eigenvalue weighted by molar-refractivity contribution is 0.436. The summed E-state index contributed by atoms with van der Waals surface area (Å²) in [6, 6.07) is 104. The van der Waals surface area contributed by atoms with Crippen molar-refractivity contribution in [3.8, 4) is 78.6 Å². The number of rotatable bonds is 6. The third-order valence-corrected chi connectivity index (χ3v) is 16.8. The number of fused-ring (bicyclic) bond motifs is 18. The van der Waals surface area contributed by atoms with Gasteiger partial charge in [0.05, 0.1) is 10.8 Å². The maximum Gasteiger partial charge on any atom is 0.132 e. The van der Waals surface area contributed by atoms with E-state index in [0.29, 0.717) is 0 Å². The van der Waals surface area contributed by atoms with E-state index in [1.807, 2.05) is 0 Å². The molecule has 77 heavy (non-hydrogen) atoms. The first-order valence-electron chi connectivity index (χ1n) is 26.6. The lowest BCUT2D eigenvalue weighted by atomic mass is 9.66. The van der Waals surface area contributed by atoms with Gasteiger partial charge < -0.3 is 14.4 Å². The normalized spacial score (nSPS) is 13.9. The SMILES string of the molecule is c1ccc(-c2ccc(N(c3ccc(-c4cccc5c4-c4ccccc4C54c5ccccc5Oc5ccccc54)cc3)c3cccc(-c4ccc5c(c4)C4(c6ccccc6Oc6ccccc64)c4ccccc4-5)c3)cc2)cc1. The molecule has 0 fully saturated rings. The third-order valence-electron chi connectivity index (χ3n) is 16.8. The van der Waals surface area contributed by atoms with Crippen LogP contribution in [-0.2, 0) is 10.8 Å². The number of para-hydroxylation sites is 4. The molecule has 2 aliphatic heterocycles. The second-order valence-electron chi connectivity index (χ2n) is 20.6. The molecule has 4 aliphatic rings. The molecule has 0 aromatic heterocycles. The standard InChI is InChI=1S/C74H47NO2/c1-2-18-48(19-3-1)49-36-41-53(42-37-49)75(54-43-38-50(39-44-54)56-24-17-31-66-72(56)59-23-5-7-26-61(59)73(66)62-27-8-12-32-68(62)76-69-33-13-9-28-63(69)73)55-21-16-20-51(46-55)52-40-45-58-57-22-4-6-25-60(57)74(67(58)47-52)64-29-10-14-34-70(64)77-71-35-15-11-30-65(71)74/h1-47H. The molecule has 0 atom stereocenters. The average Bonchev–Trinajstić information content (AvgIpc) is 4.12. The van der Waals surface area contributed by atoms with Gasteiger partial charge in [0.1, 0.15) is 23.0 Å². The summed E-state index contributed by atoms with van der Waals surface area (Å²) in [5.41, 5.74) is 23.9. The summed E-state index contributed by atoms with van der Waals surface area (Å²) >= 11 is 0. The number of anilines is 3. The predicted octanol–water partition coefficient (Wildman–Crippen LogP) is 19.1. The van der Waals surface area contributed by atoms with Crippen LogP contribution in [0.1, 0.15) is 44.5 Å². The van der Waals surface area contributed by atoms with Crippen LogP contribution >= 0.6 is 0 Å². The van der Waals surface area contributed by atoms with Crippen LogP contribution in [0.25, 0.3) is 55.6 Å². The van der Waals surface area contributed by atoms with Crippen molar-refractivity contribution >= 4 is 17.1 Å². The Morgan fingerprint density at radius 1 is 0.221 bits per heavy atom. The van der Waals surface area contributed by atoms with E-state index in [2.05, 4.69) is 290 Å². The number of hydrogen-bond acceptors (Lipinski definition) is 3. The smallest absolute Gasteiger partial charge is 0.132 e. The third kappa shape index (κ3) is 6.20. The van der Waals surface area contributed by atoms with Gasteiger partial charge in [-0.3, -0.25) is 0 Å². The Kier molecular flexibility index (Phi) is 9.47. The van der Waals surface area contributed by atoms with Crippen molar-refractivity contribution in [2.45, 2.75) is 10.8 Å². The summed E-state index contributed by atoms with van der Waals surface area (Å²) in [4.78, 5) is 2.40. The molecule has 0 amide bonds. The summed E-state index contributed by atoms with van der Waals surface area (Å²) in [5, 5.41) is 0. The summed E-state index contributed by atoms with van der Waals surface area (Å²) in [7, 11) is 0. The van der Waals surface area contributed by atoms with Gasteiger partial charge in [-0.2, -0.15) is 0 Å². The maximum absolute atomic E-state index is 6.67. The highest BCUT2D eigenvalue weighted by Gasteiger charge is 2.53. The van der Waals surface area contributed by atoms with Crippen LogP contribution in [0, 0.1) is 0 Å². The summed E-state index contributed by atoms with van der Waals surface area (Å²) in [6.45, 7) is 0. The summed E-state index contributed by atoms with van der Waals surface area (Å²) < 4.78 is 13.3. The molecule has 3 heteroatoms. The molecule has 0 radical (unpaired) electrons. The zero-order valence-corrected chi connectivity index (χ0v) is 41.9. The molecule has 0 unspecified atom stereocenters. The van der Waals surface area contributed by atoms with Crippen molar-refractivity contribution in [2.75, 3.05) is 4.90 Å². The average molecular weight is 982 g/mol. The van der Waals surface area contributed by atoms with Gasteiger partial charge in [0, 0.05) is 39.3 Å². The summed E-state index contributed by atoms with van der Waals surface area (Å²) in [5.74, 6) is 3.57. The molecule has 0 saturated heterocycles. The van der Waals surface area contributed by atoms with E-state index in [9.17, 15) is 0 Å². The van der Waals surface area contributed by atoms with Crippen molar-refractivity contribution in [2.24, 2.45) is 0 Å². The molecule has 0 bridgehead atoms. The van der Waals surface area contributed by atoms with Crippen LogP contribution in [0.2, 0.25) is 0 Å². The van der Waals surface area contributed by atoms with Gasteiger partial charge in [0.25, 0.3) is 0 Å². The first-order chi connectivity index (χ1) is 38.2. The molecule has 3 nitrogen and oxygen atoms in total. The second-order valence-corrected chi connectivity index (χ2v) is 20.6. The highest BCUT2D eigenvalue weighted by Crippen LogP contribution is 2.65. The number of ether oxygens (including phenoxy) is 2. The topological polar surface area (TPSA) is 21.7 Å². The van der Waals surface area contributed by atoms with E-state index in [4.69, 9.17) is 9.47 Å². The monoisotopic (exact) mass is 981 g/mol. The largest absolute Gasteiger partial charge is 0.457 e. The van der Waals surface area contributed by atoms with Crippen LogP contribution in [0.4, 0.5) is 17.1 Å². The van der Waals surface area contributed by atoms with Crippen LogP contribution in [-0.4, -0.2) is 0 Å². The molecule has 2 heterocycles. The molecule has 360 valence electrons. The van der Waals surface area contributed by atoms with Gasteiger partial charge in [-0.1, -0.05) is 218 Å². The molecule has 16 rings (SSSR count). The zero-order chi connectivity index (χ0) is 50.7. The Morgan fingerprint density at radius 3 is 1.21 bits per heavy atom. The molecule has 0 saturated carbocycles. The van der Waals surface area contributed by atoms with Gasteiger partial charge in [0.2, 0.25) is 0 Å². The van der Waals surface area contributed by atoms with Crippen LogP contribution in [0.5, 0.6) is 23.0 Å². The highest BCUT2D eigenvalue weighted by atomic mass is 16.5. The Bertz CT molecular complexity index is 4250. The van der Waals surface area contributed by atoms with E-state index in [-0.39, 0.29) is 0 Å². The molecule has 0 N–H and O–H groups in total.